The van der Waals surface area contributed by atoms with Crippen LogP contribution in [0.4, 0.5) is 0 Å². The normalized spacial score (nSPS) is 10.2. The van der Waals surface area contributed by atoms with Crippen LogP contribution in [-0.4, -0.2) is 34.9 Å². The van der Waals surface area contributed by atoms with Crippen molar-refractivity contribution >= 4 is 22.8 Å². The summed E-state index contributed by atoms with van der Waals surface area (Å²) in [6, 6.07) is 7.29. The molecule has 20 heavy (non-hydrogen) atoms. The molecule has 2 amide bonds. The molecule has 104 valence electrons. The number of carbonyl (C=O) groups is 2. The molecule has 0 atom stereocenters. The molecule has 2 N–H and O–H groups in total. The molecule has 6 nitrogen and oxygen atoms in total. The van der Waals surface area contributed by atoms with Crippen molar-refractivity contribution in [2.24, 2.45) is 0 Å². The summed E-state index contributed by atoms with van der Waals surface area (Å²) in [4.78, 5) is 31.6. The van der Waals surface area contributed by atoms with Gasteiger partial charge in [-0.1, -0.05) is 19.1 Å². The highest BCUT2D eigenvalue weighted by molar-refractivity contribution is 5.95. The van der Waals surface area contributed by atoms with Crippen LogP contribution in [0.1, 0.15) is 23.8 Å². The third-order valence-electron chi connectivity index (χ3n) is 2.66. The smallest absolute Gasteiger partial charge is 0.271 e. The van der Waals surface area contributed by atoms with E-state index >= 15 is 0 Å². The number of fused-ring (bicyclic) bond motifs is 1. The highest BCUT2D eigenvalue weighted by Gasteiger charge is 2.10. The van der Waals surface area contributed by atoms with Crippen LogP contribution in [0.2, 0.25) is 0 Å². The van der Waals surface area contributed by atoms with E-state index in [1.165, 1.54) is 6.20 Å². The van der Waals surface area contributed by atoms with Gasteiger partial charge in [0, 0.05) is 6.54 Å². The summed E-state index contributed by atoms with van der Waals surface area (Å²) in [6.07, 6.45) is 2.26. The first-order chi connectivity index (χ1) is 9.70. The number of rotatable bonds is 5. The van der Waals surface area contributed by atoms with Gasteiger partial charge in [0.15, 0.2) is 0 Å². The summed E-state index contributed by atoms with van der Waals surface area (Å²) < 4.78 is 0. The van der Waals surface area contributed by atoms with Gasteiger partial charge in [-0.15, -0.1) is 0 Å². The molecule has 1 aromatic carbocycles. The van der Waals surface area contributed by atoms with Crippen LogP contribution in [0.25, 0.3) is 11.0 Å². The molecule has 0 spiro atoms. The van der Waals surface area contributed by atoms with Gasteiger partial charge in [-0.2, -0.15) is 0 Å². The van der Waals surface area contributed by atoms with Gasteiger partial charge in [-0.3, -0.25) is 14.6 Å². The third-order valence-corrected chi connectivity index (χ3v) is 2.66. The Bertz CT molecular complexity index is 627. The third kappa shape index (κ3) is 3.50. The van der Waals surface area contributed by atoms with Crippen LogP contribution < -0.4 is 10.6 Å². The topological polar surface area (TPSA) is 84.0 Å². The Balaban J connectivity index is 1.99. The quantitative estimate of drug-likeness (QED) is 0.846. The molecule has 0 fully saturated rings. The number of aromatic nitrogens is 2. The van der Waals surface area contributed by atoms with Crippen molar-refractivity contribution in [1.29, 1.82) is 0 Å². The SMILES string of the molecule is CCCNC(=O)CNC(=O)c1cnc2ccccc2n1. The highest BCUT2D eigenvalue weighted by atomic mass is 16.2. The largest absolute Gasteiger partial charge is 0.355 e. The van der Waals surface area contributed by atoms with Gasteiger partial charge < -0.3 is 10.6 Å². The number of hydrogen-bond acceptors (Lipinski definition) is 4. The van der Waals surface area contributed by atoms with Crippen molar-refractivity contribution in [3.8, 4) is 0 Å². The average molecular weight is 272 g/mol. The number of nitrogens with zero attached hydrogens (tertiary/aromatic N) is 2. The van der Waals surface area contributed by atoms with Crippen molar-refractivity contribution in [2.45, 2.75) is 13.3 Å². The van der Waals surface area contributed by atoms with Crippen LogP contribution in [0.15, 0.2) is 30.5 Å². The summed E-state index contributed by atoms with van der Waals surface area (Å²) in [6.45, 7) is 2.50. The van der Waals surface area contributed by atoms with Gasteiger partial charge in [0.2, 0.25) is 5.91 Å². The maximum Gasteiger partial charge on any atom is 0.271 e. The Morgan fingerprint density at radius 3 is 2.65 bits per heavy atom. The number of carbonyl (C=O) groups excluding carboxylic acids is 2. The number of hydrogen-bond donors (Lipinski definition) is 2. The lowest BCUT2D eigenvalue weighted by molar-refractivity contribution is -0.120. The Kier molecular flexibility index (Phi) is 4.60. The molecule has 0 unspecified atom stereocenters. The molecule has 0 radical (unpaired) electrons. The van der Waals surface area contributed by atoms with Crippen LogP contribution in [0.5, 0.6) is 0 Å². The minimum Gasteiger partial charge on any atom is -0.355 e. The fourth-order valence-corrected chi connectivity index (χ4v) is 1.64. The van der Waals surface area contributed by atoms with Crippen molar-refractivity contribution in [2.75, 3.05) is 13.1 Å². The maximum atomic E-state index is 11.9. The Labute approximate surface area is 116 Å². The lowest BCUT2D eigenvalue weighted by Crippen LogP contribution is -2.37. The Morgan fingerprint density at radius 2 is 1.90 bits per heavy atom. The predicted molar refractivity (Wildman–Crippen MR) is 75.2 cm³/mol. The molecule has 1 heterocycles. The lowest BCUT2D eigenvalue weighted by Gasteiger charge is -2.06. The zero-order valence-electron chi connectivity index (χ0n) is 11.2. The van der Waals surface area contributed by atoms with Gasteiger partial charge >= 0.3 is 0 Å². The van der Waals surface area contributed by atoms with Crippen LogP contribution in [0.3, 0.4) is 0 Å². The van der Waals surface area contributed by atoms with Crippen molar-refractivity contribution < 1.29 is 9.59 Å². The standard InChI is InChI=1S/C14H16N4O2/c1-2-7-15-13(19)9-17-14(20)12-8-16-10-5-3-4-6-11(10)18-12/h3-6,8H,2,7,9H2,1H3,(H,15,19)(H,17,20). The Morgan fingerprint density at radius 1 is 1.15 bits per heavy atom. The first-order valence-corrected chi connectivity index (χ1v) is 6.47. The molecule has 0 aliphatic rings. The fraction of sp³-hybridized carbons (Fsp3) is 0.286. The first-order valence-electron chi connectivity index (χ1n) is 6.47. The van der Waals surface area contributed by atoms with E-state index in [9.17, 15) is 9.59 Å². The van der Waals surface area contributed by atoms with Gasteiger partial charge in [0.05, 0.1) is 23.8 Å². The molecule has 2 aromatic rings. The van der Waals surface area contributed by atoms with Crippen molar-refractivity contribution in [3.05, 3.63) is 36.2 Å². The summed E-state index contributed by atoms with van der Waals surface area (Å²) in [5, 5.41) is 5.20. The van der Waals surface area contributed by atoms with Crippen LogP contribution in [-0.2, 0) is 4.79 Å². The Hall–Kier alpha value is -2.50. The maximum absolute atomic E-state index is 11.9. The highest BCUT2D eigenvalue weighted by Crippen LogP contribution is 2.08. The molecule has 0 saturated carbocycles. The van der Waals surface area contributed by atoms with E-state index < -0.39 is 5.91 Å². The van der Waals surface area contributed by atoms with E-state index in [2.05, 4.69) is 20.6 Å². The molecule has 1 aromatic heterocycles. The van der Waals surface area contributed by atoms with Gasteiger partial charge in [0.1, 0.15) is 5.69 Å². The second-order valence-corrected chi connectivity index (χ2v) is 4.28. The molecule has 0 saturated heterocycles. The van der Waals surface area contributed by atoms with Crippen LogP contribution >= 0.6 is 0 Å². The minimum absolute atomic E-state index is 0.0622. The van der Waals surface area contributed by atoms with E-state index in [0.29, 0.717) is 12.1 Å². The second kappa shape index (κ2) is 6.60. The average Bonchev–Trinajstić information content (AvgIpc) is 2.50. The van der Waals surface area contributed by atoms with Gasteiger partial charge in [-0.05, 0) is 18.6 Å². The van der Waals surface area contributed by atoms with E-state index in [4.69, 9.17) is 0 Å². The molecular weight excluding hydrogens is 256 g/mol. The predicted octanol–water partition coefficient (Wildman–Crippen LogP) is 0.886. The molecule has 0 bridgehead atoms. The van der Waals surface area contributed by atoms with Crippen molar-refractivity contribution in [1.82, 2.24) is 20.6 Å². The summed E-state index contributed by atoms with van der Waals surface area (Å²) in [5.41, 5.74) is 1.58. The van der Waals surface area contributed by atoms with E-state index in [1.807, 2.05) is 25.1 Å². The number of amides is 2. The van der Waals surface area contributed by atoms with E-state index in [1.54, 1.807) is 6.07 Å². The fourth-order valence-electron chi connectivity index (χ4n) is 1.64. The molecule has 0 aliphatic carbocycles. The number of benzene rings is 1. The van der Waals surface area contributed by atoms with Crippen molar-refractivity contribution in [3.63, 3.8) is 0 Å². The number of nitrogens with one attached hydrogen (secondary N) is 2. The zero-order valence-corrected chi connectivity index (χ0v) is 11.2. The van der Waals surface area contributed by atoms with Crippen LogP contribution in [0, 0.1) is 0 Å². The summed E-state index contributed by atoms with van der Waals surface area (Å²) >= 11 is 0. The summed E-state index contributed by atoms with van der Waals surface area (Å²) in [7, 11) is 0. The second-order valence-electron chi connectivity index (χ2n) is 4.28. The van der Waals surface area contributed by atoms with E-state index in [0.717, 1.165) is 11.9 Å². The first kappa shape index (κ1) is 13.9. The molecule has 2 rings (SSSR count). The molecule has 0 aliphatic heterocycles. The minimum atomic E-state index is -0.407. The lowest BCUT2D eigenvalue weighted by atomic mass is 10.3. The zero-order chi connectivity index (χ0) is 14.4. The number of para-hydroxylation sites is 2. The summed E-state index contributed by atoms with van der Waals surface area (Å²) in [5.74, 6) is -0.621. The molecular formula is C14H16N4O2. The molecule has 6 heteroatoms. The van der Waals surface area contributed by atoms with Gasteiger partial charge in [-0.25, -0.2) is 4.98 Å². The van der Waals surface area contributed by atoms with E-state index in [-0.39, 0.29) is 18.1 Å². The monoisotopic (exact) mass is 272 g/mol. The van der Waals surface area contributed by atoms with Gasteiger partial charge in [0.25, 0.3) is 5.91 Å².